The molecule has 2 N–H and O–H groups in total. The summed E-state index contributed by atoms with van der Waals surface area (Å²) in [7, 11) is 0. The van der Waals surface area contributed by atoms with E-state index in [2.05, 4.69) is 26.6 Å². The van der Waals surface area contributed by atoms with Gasteiger partial charge in [0.15, 0.2) is 11.0 Å². The van der Waals surface area contributed by atoms with Gasteiger partial charge in [-0.25, -0.2) is 14.4 Å². The first-order valence-electron chi connectivity index (χ1n) is 9.91. The summed E-state index contributed by atoms with van der Waals surface area (Å²) in [5, 5.41) is 0.492. The molecule has 0 bridgehead atoms. The first-order chi connectivity index (χ1) is 14.9. The lowest BCUT2D eigenvalue weighted by Gasteiger charge is -2.41. The standard InChI is InChI=1S/C22H23ClFN5OS/c1-14(31-17-7-10-27-21(23)19(17)24)28-13-18(26-2)29-11-8-22(9-12-29)20(25)15-5-3-4-6-16(15)30-22/h3-7,10,13,20H,2,8-9,11-12,25H2,1H3/b18-13+,28-14+/t20-/m1/s1. The smallest absolute Gasteiger partial charge is 0.174 e. The number of thioether (sulfide) groups is 1. The maximum atomic E-state index is 14.0. The molecule has 2 aliphatic heterocycles. The Morgan fingerprint density at radius 2 is 2.13 bits per heavy atom. The SMILES string of the molecule is C=N/C(=C\N=C(/C)Sc1ccnc(Cl)c1F)N1CCC2(CC1)Oc1ccccc1[C@H]2N. The van der Waals surface area contributed by atoms with Gasteiger partial charge in [0.1, 0.15) is 17.2 Å². The van der Waals surface area contributed by atoms with E-state index in [1.807, 2.05) is 24.3 Å². The Morgan fingerprint density at radius 1 is 1.39 bits per heavy atom. The molecule has 6 nitrogen and oxygen atoms in total. The number of aromatic nitrogens is 1. The Balaban J connectivity index is 1.42. The van der Waals surface area contributed by atoms with E-state index in [0.717, 1.165) is 37.2 Å². The van der Waals surface area contributed by atoms with Crippen LogP contribution in [0.1, 0.15) is 31.4 Å². The lowest BCUT2D eigenvalue weighted by Crippen LogP contribution is -2.51. The second kappa shape index (κ2) is 8.98. The van der Waals surface area contributed by atoms with Crippen LogP contribution in [0.2, 0.25) is 5.15 Å². The lowest BCUT2D eigenvalue weighted by molar-refractivity contribution is 0.00918. The molecule has 2 aromatic rings. The molecule has 3 heterocycles. The van der Waals surface area contributed by atoms with Crippen molar-refractivity contribution in [3.05, 3.63) is 65.1 Å². The molecule has 2 aliphatic rings. The number of likely N-dealkylation sites (tertiary alicyclic amines) is 1. The Hall–Kier alpha value is -2.42. The number of hydrogen-bond donors (Lipinski definition) is 1. The van der Waals surface area contributed by atoms with Crippen molar-refractivity contribution in [1.82, 2.24) is 9.88 Å². The highest BCUT2D eigenvalue weighted by atomic mass is 35.5. The second-order valence-electron chi connectivity index (χ2n) is 7.48. The number of halogens is 2. The number of aliphatic imine (C=N–C) groups is 2. The molecule has 1 saturated heterocycles. The fraction of sp³-hybridized carbons (Fsp3) is 0.318. The van der Waals surface area contributed by atoms with Crippen LogP contribution in [0.5, 0.6) is 5.75 Å². The van der Waals surface area contributed by atoms with E-state index in [0.29, 0.717) is 15.8 Å². The molecule has 4 rings (SSSR count). The van der Waals surface area contributed by atoms with Gasteiger partial charge in [0.05, 0.1) is 22.2 Å². The molecule has 0 radical (unpaired) electrons. The van der Waals surface area contributed by atoms with Gasteiger partial charge in [-0.1, -0.05) is 41.6 Å². The highest BCUT2D eigenvalue weighted by Gasteiger charge is 2.48. The number of nitrogens with two attached hydrogens (primary N) is 1. The second-order valence-corrected chi connectivity index (χ2v) is 9.07. The Morgan fingerprint density at radius 3 is 2.84 bits per heavy atom. The Labute approximate surface area is 190 Å². The van der Waals surface area contributed by atoms with Gasteiger partial charge in [0.25, 0.3) is 0 Å². The lowest BCUT2D eigenvalue weighted by atomic mass is 9.83. The minimum atomic E-state index is -0.551. The van der Waals surface area contributed by atoms with Crippen LogP contribution in [0.15, 0.2) is 63.4 Å². The normalized spacial score (nSPS) is 20.5. The van der Waals surface area contributed by atoms with Crippen molar-refractivity contribution < 1.29 is 9.13 Å². The molecule has 1 fully saturated rings. The summed E-state index contributed by atoms with van der Waals surface area (Å²) >= 11 is 6.92. The van der Waals surface area contributed by atoms with Gasteiger partial charge in [-0.2, -0.15) is 0 Å². The zero-order valence-electron chi connectivity index (χ0n) is 17.1. The molecule has 1 atom stereocenters. The molecule has 1 aromatic carbocycles. The van der Waals surface area contributed by atoms with Gasteiger partial charge in [-0.15, -0.1) is 0 Å². The fourth-order valence-corrected chi connectivity index (χ4v) is 4.91. The molecule has 0 unspecified atom stereocenters. The summed E-state index contributed by atoms with van der Waals surface area (Å²) in [6.07, 6.45) is 4.66. The third-order valence-corrected chi connectivity index (χ3v) is 6.86. The maximum Gasteiger partial charge on any atom is 0.174 e. The summed E-state index contributed by atoms with van der Waals surface area (Å²) in [5.41, 5.74) is 7.22. The number of para-hydroxylation sites is 1. The van der Waals surface area contributed by atoms with Gasteiger partial charge in [-0.05, 0) is 25.8 Å². The molecule has 1 aromatic heterocycles. The number of rotatable bonds is 4. The van der Waals surface area contributed by atoms with Crippen LogP contribution < -0.4 is 10.5 Å². The van der Waals surface area contributed by atoms with E-state index >= 15 is 0 Å². The molecule has 0 saturated carbocycles. The van der Waals surface area contributed by atoms with E-state index in [-0.39, 0.29) is 16.8 Å². The average molecular weight is 460 g/mol. The molecule has 162 valence electrons. The molecule has 31 heavy (non-hydrogen) atoms. The molecule has 1 spiro atoms. The molecule has 0 amide bonds. The number of pyridine rings is 1. The van der Waals surface area contributed by atoms with Crippen molar-refractivity contribution in [1.29, 1.82) is 0 Å². The van der Waals surface area contributed by atoms with Crippen LogP contribution in [0.4, 0.5) is 4.39 Å². The quantitative estimate of drug-likeness (QED) is 0.307. The molecular formula is C22H23ClFN5OS. The van der Waals surface area contributed by atoms with E-state index in [1.54, 1.807) is 19.2 Å². The monoisotopic (exact) mass is 459 g/mol. The third kappa shape index (κ3) is 4.33. The number of hydrogen-bond acceptors (Lipinski definition) is 7. The number of fused-ring (bicyclic) bond motifs is 1. The van der Waals surface area contributed by atoms with Gasteiger partial charge in [-0.3, -0.25) is 4.99 Å². The van der Waals surface area contributed by atoms with Crippen LogP contribution in [0.3, 0.4) is 0 Å². The zero-order chi connectivity index (χ0) is 22.0. The zero-order valence-corrected chi connectivity index (χ0v) is 18.7. The van der Waals surface area contributed by atoms with Gasteiger partial charge in [0.2, 0.25) is 0 Å². The first kappa shape index (κ1) is 21.8. The van der Waals surface area contributed by atoms with E-state index in [9.17, 15) is 4.39 Å². The van der Waals surface area contributed by atoms with Crippen LogP contribution in [-0.4, -0.2) is 40.3 Å². The van der Waals surface area contributed by atoms with Crippen molar-refractivity contribution in [2.24, 2.45) is 15.7 Å². The largest absolute Gasteiger partial charge is 0.485 e. The van der Waals surface area contributed by atoms with Crippen molar-refractivity contribution in [3.8, 4) is 5.75 Å². The summed E-state index contributed by atoms with van der Waals surface area (Å²) in [4.78, 5) is 14.8. The third-order valence-electron chi connectivity index (χ3n) is 5.66. The van der Waals surface area contributed by atoms with Crippen molar-refractivity contribution >= 4 is 35.1 Å². The number of benzene rings is 1. The predicted molar refractivity (Wildman–Crippen MR) is 123 cm³/mol. The first-order valence-corrected chi connectivity index (χ1v) is 11.1. The predicted octanol–water partition coefficient (Wildman–Crippen LogP) is 4.81. The highest BCUT2D eigenvalue weighted by Crippen LogP contribution is 2.47. The van der Waals surface area contributed by atoms with Gasteiger partial charge < -0.3 is 15.4 Å². The summed E-state index contributed by atoms with van der Waals surface area (Å²) in [5.74, 6) is 0.985. The number of ether oxygens (including phenoxy) is 1. The van der Waals surface area contributed by atoms with E-state index in [4.69, 9.17) is 22.1 Å². The van der Waals surface area contributed by atoms with E-state index < -0.39 is 5.82 Å². The summed E-state index contributed by atoms with van der Waals surface area (Å²) < 4.78 is 20.3. The average Bonchev–Trinajstić information content (AvgIpc) is 3.04. The van der Waals surface area contributed by atoms with Gasteiger partial charge in [0, 0.05) is 37.7 Å². The topological polar surface area (TPSA) is 76.1 Å². The summed E-state index contributed by atoms with van der Waals surface area (Å²) in [6.45, 7) is 6.93. The summed E-state index contributed by atoms with van der Waals surface area (Å²) in [6, 6.07) is 9.38. The van der Waals surface area contributed by atoms with Crippen LogP contribution in [0.25, 0.3) is 0 Å². The Kier molecular flexibility index (Phi) is 6.31. The van der Waals surface area contributed by atoms with E-state index in [1.165, 1.54) is 18.0 Å². The van der Waals surface area contributed by atoms with Crippen LogP contribution >= 0.6 is 23.4 Å². The maximum absolute atomic E-state index is 14.0. The number of piperidine rings is 1. The fourth-order valence-electron chi connectivity index (χ4n) is 3.96. The van der Waals surface area contributed by atoms with Crippen molar-refractivity contribution in [3.63, 3.8) is 0 Å². The van der Waals surface area contributed by atoms with Gasteiger partial charge >= 0.3 is 0 Å². The molecule has 9 heteroatoms. The molecular weight excluding hydrogens is 437 g/mol. The highest BCUT2D eigenvalue weighted by molar-refractivity contribution is 8.13. The van der Waals surface area contributed by atoms with Crippen LogP contribution in [0, 0.1) is 5.82 Å². The van der Waals surface area contributed by atoms with Crippen molar-refractivity contribution in [2.75, 3.05) is 13.1 Å². The Bertz CT molecular complexity index is 1050. The minimum absolute atomic E-state index is 0.145. The minimum Gasteiger partial charge on any atom is -0.485 e. The molecule has 0 aliphatic carbocycles. The van der Waals surface area contributed by atoms with Crippen molar-refractivity contribution in [2.45, 2.75) is 36.3 Å². The van der Waals surface area contributed by atoms with Crippen LogP contribution in [-0.2, 0) is 0 Å². The number of nitrogens with zero attached hydrogens (tertiary/aromatic N) is 4.